The van der Waals surface area contributed by atoms with E-state index in [-0.39, 0.29) is 12.2 Å². The molecule has 1 unspecified atom stereocenters. The van der Waals surface area contributed by atoms with Crippen LogP contribution in [0.25, 0.3) is 0 Å². The summed E-state index contributed by atoms with van der Waals surface area (Å²) in [5, 5.41) is 11.6. The van der Waals surface area contributed by atoms with Crippen molar-refractivity contribution in [1.82, 2.24) is 5.06 Å². The molecule has 6 heteroatoms. The van der Waals surface area contributed by atoms with E-state index in [2.05, 4.69) is 6.58 Å². The number of ether oxygens (including phenoxy) is 4. The molecule has 1 aromatic carbocycles. The monoisotopic (exact) mass is 323 g/mol. The zero-order valence-corrected chi connectivity index (χ0v) is 13.6. The average molecular weight is 323 g/mol. The minimum absolute atomic E-state index is 0.238. The Morgan fingerprint density at radius 3 is 2.22 bits per heavy atom. The fraction of sp³-hybridized carbons (Fsp3) is 0.529. The van der Waals surface area contributed by atoms with Gasteiger partial charge >= 0.3 is 0 Å². The zero-order chi connectivity index (χ0) is 16.7. The van der Waals surface area contributed by atoms with E-state index in [1.54, 1.807) is 20.3 Å². The molecule has 1 aromatic rings. The van der Waals surface area contributed by atoms with Gasteiger partial charge in [-0.1, -0.05) is 36.4 Å². The van der Waals surface area contributed by atoms with Gasteiger partial charge in [0.05, 0.1) is 13.2 Å². The van der Waals surface area contributed by atoms with Gasteiger partial charge in [0.1, 0.15) is 18.2 Å². The van der Waals surface area contributed by atoms with E-state index in [1.807, 2.05) is 30.3 Å². The molecular weight excluding hydrogens is 298 g/mol. The molecule has 6 nitrogen and oxygen atoms in total. The topological polar surface area (TPSA) is 60.4 Å². The molecule has 23 heavy (non-hydrogen) atoms. The quantitative estimate of drug-likeness (QED) is 0.553. The normalized spacial score (nSPS) is 23.3. The summed E-state index contributed by atoms with van der Waals surface area (Å²) < 4.78 is 22.1. The Morgan fingerprint density at radius 1 is 1.17 bits per heavy atom. The van der Waals surface area contributed by atoms with Crippen molar-refractivity contribution in [3.05, 3.63) is 48.6 Å². The highest BCUT2D eigenvalue weighted by atomic mass is 16.7. The first-order valence-electron chi connectivity index (χ1n) is 7.60. The van der Waals surface area contributed by atoms with Crippen molar-refractivity contribution < 1.29 is 24.2 Å². The Kier molecular flexibility index (Phi) is 7.16. The van der Waals surface area contributed by atoms with Gasteiger partial charge in [-0.2, -0.15) is 5.06 Å². The molecule has 128 valence electrons. The van der Waals surface area contributed by atoms with Crippen LogP contribution in [0.15, 0.2) is 43.0 Å². The van der Waals surface area contributed by atoms with Crippen LogP contribution in [-0.4, -0.2) is 62.2 Å². The molecule has 0 saturated carbocycles. The lowest BCUT2D eigenvalue weighted by Gasteiger charge is -2.27. The van der Waals surface area contributed by atoms with E-state index in [9.17, 15) is 5.21 Å². The van der Waals surface area contributed by atoms with Gasteiger partial charge < -0.3 is 24.2 Å². The average Bonchev–Trinajstić information content (AvgIpc) is 2.92. The Bertz CT molecular complexity index is 455. The van der Waals surface area contributed by atoms with Crippen molar-refractivity contribution in [2.45, 2.75) is 31.1 Å². The number of rotatable bonds is 9. The summed E-state index contributed by atoms with van der Waals surface area (Å²) in [5.41, 5.74) is 0.988. The van der Waals surface area contributed by atoms with E-state index in [4.69, 9.17) is 18.9 Å². The van der Waals surface area contributed by atoms with Crippen molar-refractivity contribution in [3.63, 3.8) is 0 Å². The first-order chi connectivity index (χ1) is 11.2. The molecule has 0 spiro atoms. The van der Waals surface area contributed by atoms with Crippen LogP contribution in [0.2, 0.25) is 0 Å². The van der Waals surface area contributed by atoms with E-state index in [0.29, 0.717) is 19.8 Å². The molecule has 0 aromatic heterocycles. The van der Waals surface area contributed by atoms with Gasteiger partial charge in [0.25, 0.3) is 0 Å². The summed E-state index contributed by atoms with van der Waals surface area (Å²) in [6.45, 7) is 4.94. The lowest BCUT2D eigenvalue weighted by Crippen LogP contribution is -2.41. The molecule has 1 saturated heterocycles. The predicted molar refractivity (Wildman–Crippen MR) is 85.0 cm³/mol. The summed E-state index contributed by atoms with van der Waals surface area (Å²) in [6, 6.07) is 9.19. The summed E-state index contributed by atoms with van der Waals surface area (Å²) in [6.07, 6.45) is 0.517. The van der Waals surface area contributed by atoms with Crippen LogP contribution in [0.3, 0.4) is 0 Å². The lowest BCUT2D eigenvalue weighted by atomic mass is 10.2. The predicted octanol–water partition coefficient (Wildman–Crippen LogP) is 1.84. The second-order valence-electron chi connectivity index (χ2n) is 5.44. The minimum atomic E-state index is -0.624. The van der Waals surface area contributed by atoms with Gasteiger partial charge in [0.2, 0.25) is 0 Å². The van der Waals surface area contributed by atoms with Crippen LogP contribution < -0.4 is 0 Å². The number of hydrogen-bond donors (Lipinski definition) is 1. The molecule has 1 heterocycles. The Hall–Kier alpha value is -1.28. The van der Waals surface area contributed by atoms with Gasteiger partial charge in [-0.05, 0) is 5.56 Å². The first kappa shape index (κ1) is 18.1. The summed E-state index contributed by atoms with van der Waals surface area (Å²) in [4.78, 5) is 0. The Balaban J connectivity index is 2.00. The van der Waals surface area contributed by atoms with Crippen molar-refractivity contribution in [3.8, 4) is 0 Å². The van der Waals surface area contributed by atoms with Crippen LogP contribution in [-0.2, 0) is 25.5 Å². The lowest BCUT2D eigenvalue weighted by molar-refractivity contribution is -0.199. The molecule has 0 aliphatic carbocycles. The summed E-state index contributed by atoms with van der Waals surface area (Å²) >= 11 is 0. The Labute approximate surface area is 137 Å². The highest BCUT2D eigenvalue weighted by molar-refractivity contribution is 5.14. The molecule has 1 fully saturated rings. The molecular formula is C17H25NO5. The fourth-order valence-corrected chi connectivity index (χ4v) is 2.58. The van der Waals surface area contributed by atoms with Gasteiger partial charge in [-0.25, -0.2) is 0 Å². The van der Waals surface area contributed by atoms with E-state index >= 15 is 0 Å². The van der Waals surface area contributed by atoms with Gasteiger partial charge in [-0.15, -0.1) is 6.58 Å². The third kappa shape index (κ3) is 4.84. The van der Waals surface area contributed by atoms with Crippen molar-refractivity contribution in [1.29, 1.82) is 0 Å². The van der Waals surface area contributed by atoms with E-state index in [0.717, 1.165) is 5.56 Å². The second-order valence-corrected chi connectivity index (χ2v) is 5.44. The largest absolute Gasteiger partial charge is 0.382 e. The molecule has 3 atom stereocenters. The van der Waals surface area contributed by atoms with E-state index < -0.39 is 12.3 Å². The number of hydroxylamine groups is 2. The van der Waals surface area contributed by atoms with Crippen LogP contribution in [0.4, 0.5) is 0 Å². The molecule has 1 N–H and O–H groups in total. The maximum absolute atomic E-state index is 10.4. The molecule has 1 aliphatic heterocycles. The smallest absolute Gasteiger partial charge is 0.180 e. The number of nitrogens with zero attached hydrogens (tertiary/aromatic N) is 1. The molecule has 0 amide bonds. The third-order valence-corrected chi connectivity index (χ3v) is 3.75. The fourth-order valence-electron chi connectivity index (χ4n) is 2.58. The number of methoxy groups -OCH3 is 2. The third-order valence-electron chi connectivity index (χ3n) is 3.75. The summed E-state index contributed by atoms with van der Waals surface area (Å²) in [7, 11) is 3.22. The van der Waals surface area contributed by atoms with Gasteiger partial charge in [0, 0.05) is 20.8 Å². The van der Waals surface area contributed by atoms with Gasteiger partial charge in [0.15, 0.2) is 6.29 Å². The first-order valence-corrected chi connectivity index (χ1v) is 7.60. The van der Waals surface area contributed by atoms with Crippen molar-refractivity contribution in [2.24, 2.45) is 0 Å². The second kappa shape index (κ2) is 9.12. The molecule has 0 radical (unpaired) electrons. The van der Waals surface area contributed by atoms with Crippen LogP contribution in [0.5, 0.6) is 0 Å². The maximum atomic E-state index is 10.4. The maximum Gasteiger partial charge on any atom is 0.180 e. The molecule has 2 rings (SSSR count). The van der Waals surface area contributed by atoms with Crippen LogP contribution in [0, 0.1) is 0 Å². The molecule has 0 bridgehead atoms. The van der Waals surface area contributed by atoms with Crippen molar-refractivity contribution >= 4 is 0 Å². The number of hydrogen-bond acceptors (Lipinski definition) is 6. The van der Waals surface area contributed by atoms with Crippen LogP contribution in [0.1, 0.15) is 5.56 Å². The summed E-state index contributed by atoms with van der Waals surface area (Å²) in [5.74, 6) is 0. The highest BCUT2D eigenvalue weighted by Gasteiger charge is 2.41. The van der Waals surface area contributed by atoms with E-state index in [1.165, 1.54) is 5.06 Å². The zero-order valence-electron chi connectivity index (χ0n) is 13.6. The minimum Gasteiger partial charge on any atom is -0.382 e. The highest BCUT2D eigenvalue weighted by Crippen LogP contribution is 2.25. The van der Waals surface area contributed by atoms with Crippen molar-refractivity contribution in [2.75, 3.05) is 27.4 Å². The molecule has 1 aliphatic rings. The number of benzene rings is 1. The standard InChI is InChI=1S/C17H25NO5/c1-4-14(18(19)10-13-8-6-5-7-9-13)17-22-15(11-20-2)16(23-17)12-21-3/h4-9,14-17,19H,1,10-12H2,2-3H3/t14?,15-,16-/m0/s1. The SMILES string of the molecule is C=CC(C1O[C@@H](COC)[C@H](COC)O1)N(O)Cc1ccccc1. The Morgan fingerprint density at radius 2 is 1.74 bits per heavy atom. The van der Waals surface area contributed by atoms with Crippen LogP contribution >= 0.6 is 0 Å². The van der Waals surface area contributed by atoms with Gasteiger partial charge in [-0.3, -0.25) is 0 Å².